The summed E-state index contributed by atoms with van der Waals surface area (Å²) in [5.74, 6) is 0.815. The Morgan fingerprint density at radius 1 is 1.24 bits per heavy atom. The summed E-state index contributed by atoms with van der Waals surface area (Å²) in [6.07, 6.45) is 1.78. The second-order valence-electron chi connectivity index (χ2n) is 5.09. The summed E-state index contributed by atoms with van der Waals surface area (Å²) in [7, 11) is 1.69. The average molecular weight is 288 g/mol. The fourth-order valence-electron chi connectivity index (χ4n) is 2.69. The smallest absolute Gasteiger partial charge is 0.161 e. The quantitative estimate of drug-likeness (QED) is 0.888. The van der Waals surface area contributed by atoms with Gasteiger partial charge in [-0.05, 0) is 45.0 Å². The van der Waals surface area contributed by atoms with Crippen LogP contribution in [0.25, 0.3) is 0 Å². The van der Waals surface area contributed by atoms with Crippen LogP contribution in [0.1, 0.15) is 42.5 Å². The Morgan fingerprint density at radius 2 is 1.90 bits per heavy atom. The highest BCUT2D eigenvalue weighted by molar-refractivity contribution is 5.37. The predicted molar refractivity (Wildman–Crippen MR) is 83.7 cm³/mol. The van der Waals surface area contributed by atoms with Gasteiger partial charge < -0.3 is 10.1 Å². The maximum Gasteiger partial charge on any atom is 0.161 e. The lowest BCUT2D eigenvalue weighted by Crippen LogP contribution is -2.25. The predicted octanol–water partition coefficient (Wildman–Crippen LogP) is 2.62. The van der Waals surface area contributed by atoms with Gasteiger partial charge in [0, 0.05) is 17.9 Å². The molecule has 2 heterocycles. The van der Waals surface area contributed by atoms with Crippen molar-refractivity contribution in [3.05, 3.63) is 41.0 Å². The van der Waals surface area contributed by atoms with Gasteiger partial charge in [0.05, 0.1) is 19.3 Å². The number of rotatable bonds is 6. The molecule has 0 aromatic carbocycles. The van der Waals surface area contributed by atoms with Gasteiger partial charge in [-0.25, -0.2) is 0 Å². The van der Waals surface area contributed by atoms with Crippen molar-refractivity contribution >= 4 is 0 Å². The molecule has 1 atom stereocenters. The Bertz CT molecular complexity index is 565. The van der Waals surface area contributed by atoms with Crippen LogP contribution in [0.2, 0.25) is 0 Å². The maximum atomic E-state index is 5.50. The van der Waals surface area contributed by atoms with E-state index in [4.69, 9.17) is 4.74 Å². The Kier molecular flexibility index (Phi) is 4.96. The Labute approximate surface area is 126 Å². The van der Waals surface area contributed by atoms with Crippen LogP contribution in [0.4, 0.5) is 0 Å². The summed E-state index contributed by atoms with van der Waals surface area (Å²) < 4.78 is 7.48. The molecule has 0 aliphatic rings. The molecule has 5 nitrogen and oxygen atoms in total. The van der Waals surface area contributed by atoms with E-state index < -0.39 is 0 Å². The van der Waals surface area contributed by atoms with E-state index in [-0.39, 0.29) is 6.04 Å². The molecule has 0 bridgehead atoms. The molecule has 114 valence electrons. The minimum Gasteiger partial charge on any atom is -0.493 e. The molecule has 2 rings (SSSR count). The molecule has 0 amide bonds. The number of nitrogens with zero attached hydrogens (tertiary/aromatic N) is 3. The van der Waals surface area contributed by atoms with Gasteiger partial charge in [0.15, 0.2) is 5.75 Å². The molecule has 2 aromatic rings. The summed E-state index contributed by atoms with van der Waals surface area (Å²) in [5, 5.41) is 7.95. The van der Waals surface area contributed by atoms with Crippen molar-refractivity contribution in [1.82, 2.24) is 20.1 Å². The Balaban J connectivity index is 2.55. The number of nitrogens with one attached hydrogen (secondary N) is 1. The van der Waals surface area contributed by atoms with E-state index in [1.54, 1.807) is 13.3 Å². The molecule has 5 heteroatoms. The topological polar surface area (TPSA) is 52.0 Å². The van der Waals surface area contributed by atoms with Crippen LogP contribution in [-0.2, 0) is 6.54 Å². The first kappa shape index (κ1) is 15.5. The highest BCUT2D eigenvalue weighted by atomic mass is 16.5. The molecule has 0 fully saturated rings. The molecule has 21 heavy (non-hydrogen) atoms. The van der Waals surface area contributed by atoms with Crippen molar-refractivity contribution in [1.29, 1.82) is 0 Å². The largest absolute Gasteiger partial charge is 0.493 e. The third-order valence-corrected chi connectivity index (χ3v) is 3.48. The van der Waals surface area contributed by atoms with Crippen molar-refractivity contribution < 1.29 is 4.74 Å². The summed E-state index contributed by atoms with van der Waals surface area (Å²) in [5.41, 5.74) is 4.30. The fourth-order valence-corrected chi connectivity index (χ4v) is 2.69. The summed E-state index contributed by atoms with van der Waals surface area (Å²) in [6.45, 7) is 9.91. The van der Waals surface area contributed by atoms with Crippen molar-refractivity contribution in [2.45, 2.75) is 40.3 Å². The van der Waals surface area contributed by atoms with Crippen molar-refractivity contribution in [2.75, 3.05) is 13.7 Å². The van der Waals surface area contributed by atoms with E-state index >= 15 is 0 Å². The van der Waals surface area contributed by atoms with Crippen LogP contribution in [0, 0.1) is 13.8 Å². The van der Waals surface area contributed by atoms with Gasteiger partial charge in [-0.15, -0.1) is 0 Å². The number of pyridine rings is 1. The second-order valence-corrected chi connectivity index (χ2v) is 5.09. The van der Waals surface area contributed by atoms with Crippen molar-refractivity contribution in [3.63, 3.8) is 0 Å². The van der Waals surface area contributed by atoms with Gasteiger partial charge in [0.2, 0.25) is 0 Å². The van der Waals surface area contributed by atoms with Crippen LogP contribution < -0.4 is 10.1 Å². The lowest BCUT2D eigenvalue weighted by Gasteiger charge is -2.21. The molecule has 1 unspecified atom stereocenters. The number of aryl methyl sites for hydroxylation is 3. The lowest BCUT2D eigenvalue weighted by molar-refractivity contribution is 0.399. The van der Waals surface area contributed by atoms with Crippen LogP contribution in [-0.4, -0.2) is 28.4 Å². The highest BCUT2D eigenvalue weighted by Crippen LogP contribution is 2.30. The van der Waals surface area contributed by atoms with Crippen LogP contribution in [0.5, 0.6) is 5.75 Å². The minimum atomic E-state index is 0.0489. The molecule has 0 aliphatic carbocycles. The molecule has 0 radical (unpaired) electrons. The zero-order valence-electron chi connectivity index (χ0n) is 13.5. The molecule has 0 saturated heterocycles. The first-order valence-corrected chi connectivity index (χ1v) is 7.38. The third kappa shape index (κ3) is 3.24. The highest BCUT2D eigenvalue weighted by Gasteiger charge is 2.23. The molecule has 0 spiro atoms. The summed E-state index contributed by atoms with van der Waals surface area (Å²) >= 11 is 0. The zero-order chi connectivity index (χ0) is 15.4. The van der Waals surface area contributed by atoms with Crippen molar-refractivity contribution in [2.24, 2.45) is 0 Å². The van der Waals surface area contributed by atoms with E-state index in [2.05, 4.69) is 41.4 Å². The van der Waals surface area contributed by atoms with E-state index in [1.807, 2.05) is 18.5 Å². The molecular weight excluding hydrogens is 264 g/mol. The molecule has 0 saturated carbocycles. The first-order valence-electron chi connectivity index (χ1n) is 7.38. The molecule has 1 N–H and O–H groups in total. The molecule has 0 aliphatic heterocycles. The van der Waals surface area contributed by atoms with Gasteiger partial charge >= 0.3 is 0 Å². The number of hydrogen-bond donors (Lipinski definition) is 1. The number of aromatic nitrogens is 3. The van der Waals surface area contributed by atoms with Gasteiger partial charge in [0.1, 0.15) is 5.69 Å². The number of ether oxygens (including phenoxy) is 1. The third-order valence-electron chi connectivity index (χ3n) is 3.48. The van der Waals surface area contributed by atoms with Crippen LogP contribution in [0.15, 0.2) is 18.3 Å². The average Bonchev–Trinajstić information content (AvgIpc) is 2.86. The Hall–Kier alpha value is -1.88. The van der Waals surface area contributed by atoms with Gasteiger partial charge in [-0.1, -0.05) is 6.92 Å². The maximum absolute atomic E-state index is 5.50. The van der Waals surface area contributed by atoms with Crippen LogP contribution in [0.3, 0.4) is 0 Å². The van der Waals surface area contributed by atoms with E-state index in [0.29, 0.717) is 0 Å². The monoisotopic (exact) mass is 288 g/mol. The van der Waals surface area contributed by atoms with Crippen molar-refractivity contribution in [3.8, 4) is 5.75 Å². The molecular formula is C16H24N4O. The zero-order valence-corrected chi connectivity index (χ0v) is 13.5. The number of methoxy groups -OCH3 is 1. The van der Waals surface area contributed by atoms with Gasteiger partial charge in [0.25, 0.3) is 0 Å². The number of hydrogen-bond acceptors (Lipinski definition) is 4. The molecule has 2 aromatic heterocycles. The van der Waals surface area contributed by atoms with E-state index in [9.17, 15) is 0 Å². The van der Waals surface area contributed by atoms with E-state index in [1.165, 1.54) is 5.56 Å². The standard InChI is InChI=1S/C16H24N4O/c1-6-17-15(13-8-11(3)19-12(4)9-13)16-14(21-5)10-18-20(16)7-2/h8-10,15,17H,6-7H2,1-5H3. The SMILES string of the molecule is CCNC(c1cc(C)nc(C)c1)c1c(OC)cnn1CC. The lowest BCUT2D eigenvalue weighted by atomic mass is 10.0. The fraction of sp³-hybridized carbons (Fsp3) is 0.500. The van der Waals surface area contributed by atoms with E-state index in [0.717, 1.165) is 35.9 Å². The summed E-state index contributed by atoms with van der Waals surface area (Å²) in [6, 6.07) is 4.28. The Morgan fingerprint density at radius 3 is 2.43 bits per heavy atom. The second kappa shape index (κ2) is 6.72. The minimum absolute atomic E-state index is 0.0489. The normalized spacial score (nSPS) is 12.4. The summed E-state index contributed by atoms with van der Waals surface area (Å²) in [4.78, 5) is 4.46. The first-order chi connectivity index (χ1) is 10.1. The van der Waals surface area contributed by atoms with Gasteiger partial charge in [-0.3, -0.25) is 9.67 Å². The van der Waals surface area contributed by atoms with Crippen LogP contribution >= 0.6 is 0 Å². The van der Waals surface area contributed by atoms with Gasteiger partial charge in [-0.2, -0.15) is 5.10 Å².